The van der Waals surface area contributed by atoms with Crippen LogP contribution in [0.1, 0.15) is 38.8 Å². The Kier molecular flexibility index (Phi) is 5.15. The van der Waals surface area contributed by atoms with Gasteiger partial charge >= 0.3 is 5.97 Å². The summed E-state index contributed by atoms with van der Waals surface area (Å²) in [5, 5.41) is 3.04. The first-order chi connectivity index (χ1) is 11.6. The van der Waals surface area contributed by atoms with Gasteiger partial charge in [0, 0.05) is 10.2 Å². The van der Waals surface area contributed by atoms with Crippen molar-refractivity contribution in [3.63, 3.8) is 0 Å². The van der Waals surface area contributed by atoms with E-state index in [4.69, 9.17) is 4.74 Å². The van der Waals surface area contributed by atoms with Crippen LogP contribution in [0, 0.1) is 0 Å². The van der Waals surface area contributed by atoms with Gasteiger partial charge in [-0.3, -0.25) is 0 Å². The predicted molar refractivity (Wildman–Crippen MR) is 101 cm³/mol. The minimum atomic E-state index is -0.296. The van der Waals surface area contributed by atoms with Crippen LogP contribution in [-0.2, 0) is 9.53 Å². The summed E-state index contributed by atoms with van der Waals surface area (Å²) in [4.78, 5) is 19.5. The highest BCUT2D eigenvalue weighted by Gasteiger charge is 2.40. The Morgan fingerprint density at radius 1 is 1.42 bits per heavy atom. The average Bonchev–Trinajstić information content (AvgIpc) is 2.96. The predicted octanol–water partition coefficient (Wildman–Crippen LogP) is 5.00. The van der Waals surface area contributed by atoms with Crippen LogP contribution in [0.15, 0.2) is 56.1 Å². The molecule has 2 aliphatic rings. The SMILES string of the molecule is CCOC(=O)C1=C(C)N=C2SC=C(CC)N2[C@@H]1c1cccc(Br)c1. The third-order valence-electron chi connectivity index (χ3n) is 4.02. The van der Waals surface area contributed by atoms with E-state index in [2.05, 4.69) is 44.2 Å². The van der Waals surface area contributed by atoms with Gasteiger partial charge < -0.3 is 9.64 Å². The molecule has 0 unspecified atom stereocenters. The van der Waals surface area contributed by atoms with Gasteiger partial charge in [0.15, 0.2) is 5.17 Å². The molecule has 3 rings (SSSR count). The third kappa shape index (κ3) is 3.05. The fraction of sp³-hybridized carbons (Fsp3) is 0.333. The maximum atomic E-state index is 12.6. The molecule has 0 radical (unpaired) electrons. The molecule has 0 aromatic heterocycles. The quantitative estimate of drug-likeness (QED) is 0.659. The van der Waals surface area contributed by atoms with Crippen LogP contribution in [-0.4, -0.2) is 22.6 Å². The Labute approximate surface area is 154 Å². The standard InChI is InChI=1S/C18H19BrN2O2S/c1-4-14-10-24-18-20-11(3)15(17(22)23-5-2)16(21(14)18)12-7-6-8-13(19)9-12/h6-10,16H,4-5H2,1-3H3/t16-/m1/s1. The number of ether oxygens (including phenoxy) is 1. The second-order valence-corrected chi connectivity index (χ2v) is 7.27. The molecule has 0 amide bonds. The van der Waals surface area contributed by atoms with E-state index in [0.717, 1.165) is 33.0 Å². The maximum Gasteiger partial charge on any atom is 0.338 e. The molecule has 24 heavy (non-hydrogen) atoms. The maximum absolute atomic E-state index is 12.6. The lowest BCUT2D eigenvalue weighted by molar-refractivity contribution is -0.139. The molecule has 0 fully saturated rings. The molecule has 1 aromatic rings. The zero-order valence-corrected chi connectivity index (χ0v) is 16.3. The zero-order chi connectivity index (χ0) is 17.3. The molecule has 0 aliphatic carbocycles. The highest BCUT2D eigenvalue weighted by molar-refractivity contribution is 9.10. The minimum absolute atomic E-state index is 0.213. The summed E-state index contributed by atoms with van der Waals surface area (Å²) >= 11 is 5.14. The average molecular weight is 407 g/mol. The van der Waals surface area contributed by atoms with E-state index in [-0.39, 0.29) is 12.0 Å². The van der Waals surface area contributed by atoms with Crippen LogP contribution in [0.25, 0.3) is 0 Å². The van der Waals surface area contributed by atoms with Crippen LogP contribution in [0.5, 0.6) is 0 Å². The van der Waals surface area contributed by atoms with Crippen molar-refractivity contribution >= 4 is 38.8 Å². The Balaban J connectivity index is 2.15. The highest BCUT2D eigenvalue weighted by atomic mass is 79.9. The molecule has 1 aromatic carbocycles. The monoisotopic (exact) mass is 406 g/mol. The second-order valence-electron chi connectivity index (χ2n) is 5.52. The van der Waals surface area contributed by atoms with E-state index in [1.165, 1.54) is 0 Å². The number of esters is 1. The number of carbonyl (C=O) groups excluding carboxylic acids is 1. The first-order valence-electron chi connectivity index (χ1n) is 7.93. The molecule has 126 valence electrons. The fourth-order valence-corrected chi connectivity index (χ4v) is 4.42. The van der Waals surface area contributed by atoms with Crippen molar-refractivity contribution in [2.75, 3.05) is 6.61 Å². The smallest absolute Gasteiger partial charge is 0.338 e. The minimum Gasteiger partial charge on any atom is -0.463 e. The first-order valence-corrected chi connectivity index (χ1v) is 9.61. The van der Waals surface area contributed by atoms with Gasteiger partial charge in [-0.05, 0) is 43.4 Å². The normalized spacial score (nSPS) is 19.8. The Bertz CT molecular complexity index is 770. The van der Waals surface area contributed by atoms with Crippen LogP contribution >= 0.6 is 27.7 Å². The van der Waals surface area contributed by atoms with E-state index in [9.17, 15) is 4.79 Å². The summed E-state index contributed by atoms with van der Waals surface area (Å²) < 4.78 is 6.31. The largest absolute Gasteiger partial charge is 0.463 e. The van der Waals surface area contributed by atoms with Gasteiger partial charge in [0.05, 0.1) is 23.9 Å². The van der Waals surface area contributed by atoms with E-state index >= 15 is 0 Å². The van der Waals surface area contributed by atoms with Gasteiger partial charge in [0.25, 0.3) is 0 Å². The molecule has 0 saturated heterocycles. The molecular weight excluding hydrogens is 388 g/mol. The molecule has 2 aliphatic heterocycles. The van der Waals surface area contributed by atoms with Crippen molar-refractivity contribution in [2.45, 2.75) is 33.2 Å². The van der Waals surface area contributed by atoms with Crippen LogP contribution in [0.2, 0.25) is 0 Å². The summed E-state index contributed by atoms with van der Waals surface area (Å²) in [6.07, 6.45) is 0.881. The number of nitrogens with zero attached hydrogens (tertiary/aromatic N) is 2. The van der Waals surface area contributed by atoms with Crippen LogP contribution in [0.3, 0.4) is 0 Å². The lowest BCUT2D eigenvalue weighted by Gasteiger charge is -2.36. The van der Waals surface area contributed by atoms with E-state index < -0.39 is 0 Å². The summed E-state index contributed by atoms with van der Waals surface area (Å²) in [7, 11) is 0. The van der Waals surface area contributed by atoms with Crippen molar-refractivity contribution in [3.8, 4) is 0 Å². The van der Waals surface area contributed by atoms with E-state index in [1.807, 2.05) is 32.0 Å². The number of aliphatic imine (C=N–C) groups is 1. The molecule has 4 nitrogen and oxygen atoms in total. The number of halogens is 1. The van der Waals surface area contributed by atoms with Crippen molar-refractivity contribution in [3.05, 3.63) is 56.7 Å². The van der Waals surface area contributed by atoms with Crippen LogP contribution < -0.4 is 0 Å². The summed E-state index contributed by atoms with van der Waals surface area (Å²) in [6.45, 7) is 6.17. The Hall–Kier alpha value is -1.53. The molecular formula is C18H19BrN2O2S. The summed E-state index contributed by atoms with van der Waals surface area (Å²) in [5.74, 6) is -0.296. The van der Waals surface area contributed by atoms with Crippen molar-refractivity contribution < 1.29 is 9.53 Å². The van der Waals surface area contributed by atoms with E-state index in [0.29, 0.717) is 12.2 Å². The Morgan fingerprint density at radius 2 is 2.21 bits per heavy atom. The summed E-state index contributed by atoms with van der Waals surface area (Å²) in [6, 6.07) is 7.85. The molecule has 0 N–H and O–H groups in total. The number of rotatable bonds is 4. The van der Waals surface area contributed by atoms with Crippen molar-refractivity contribution in [2.24, 2.45) is 4.99 Å². The van der Waals surface area contributed by atoms with E-state index in [1.54, 1.807) is 11.8 Å². The number of allylic oxidation sites excluding steroid dienone is 2. The number of benzene rings is 1. The van der Waals surface area contributed by atoms with Gasteiger partial charge in [0.2, 0.25) is 0 Å². The van der Waals surface area contributed by atoms with Crippen molar-refractivity contribution in [1.82, 2.24) is 4.90 Å². The van der Waals surface area contributed by atoms with Gasteiger partial charge in [0.1, 0.15) is 0 Å². The topological polar surface area (TPSA) is 41.9 Å². The second kappa shape index (κ2) is 7.15. The molecule has 2 heterocycles. The number of fused-ring (bicyclic) bond motifs is 1. The van der Waals surface area contributed by atoms with Crippen molar-refractivity contribution in [1.29, 1.82) is 0 Å². The first kappa shape index (κ1) is 17.3. The molecule has 1 atom stereocenters. The molecule has 0 saturated carbocycles. The molecule has 0 spiro atoms. The van der Waals surface area contributed by atoms with Gasteiger partial charge in [-0.15, -0.1) is 0 Å². The Morgan fingerprint density at radius 3 is 2.88 bits per heavy atom. The summed E-state index contributed by atoms with van der Waals surface area (Å²) in [5.41, 5.74) is 3.54. The van der Waals surface area contributed by atoms with Gasteiger partial charge in [-0.2, -0.15) is 0 Å². The number of amidine groups is 1. The van der Waals surface area contributed by atoms with Crippen LogP contribution in [0.4, 0.5) is 0 Å². The van der Waals surface area contributed by atoms with Gasteiger partial charge in [-0.25, -0.2) is 9.79 Å². The lowest BCUT2D eigenvalue weighted by Crippen LogP contribution is -2.36. The number of carbonyl (C=O) groups is 1. The lowest BCUT2D eigenvalue weighted by atomic mass is 9.94. The fourth-order valence-electron chi connectivity index (χ4n) is 2.96. The zero-order valence-electron chi connectivity index (χ0n) is 13.9. The third-order valence-corrected chi connectivity index (χ3v) is 5.40. The molecule has 6 heteroatoms. The molecule has 0 bridgehead atoms. The number of thioether (sulfide) groups is 1. The van der Waals surface area contributed by atoms with Gasteiger partial charge in [-0.1, -0.05) is 46.7 Å². The number of hydrogen-bond donors (Lipinski definition) is 0. The highest BCUT2D eigenvalue weighted by Crippen LogP contribution is 2.44. The number of hydrogen-bond acceptors (Lipinski definition) is 5.